The number of nitrogens with one attached hydrogen (secondary N) is 2. The van der Waals surface area contributed by atoms with E-state index in [1.807, 2.05) is 49.4 Å². The summed E-state index contributed by atoms with van der Waals surface area (Å²) in [4.78, 5) is 28.5. The molecule has 3 aliphatic rings. The summed E-state index contributed by atoms with van der Waals surface area (Å²) in [6.07, 6.45) is 1.91. The first-order valence-electron chi connectivity index (χ1n) is 13.9. The summed E-state index contributed by atoms with van der Waals surface area (Å²) in [6.45, 7) is 3.56. The Morgan fingerprint density at radius 1 is 1.12 bits per heavy atom. The van der Waals surface area contributed by atoms with Crippen LogP contribution in [-0.2, 0) is 15.1 Å². The van der Waals surface area contributed by atoms with Crippen LogP contribution in [0.5, 0.6) is 17.2 Å². The van der Waals surface area contributed by atoms with Crippen LogP contribution in [0.1, 0.15) is 41.0 Å². The molecule has 1 fully saturated rings. The average Bonchev–Trinajstić information content (AvgIpc) is 3.38. The van der Waals surface area contributed by atoms with Gasteiger partial charge in [0.25, 0.3) is 0 Å². The fraction of sp³-hybridized carbons (Fsp3) is 0.355. The maximum atomic E-state index is 14.2. The van der Waals surface area contributed by atoms with Gasteiger partial charge in [-0.25, -0.2) is 0 Å². The molecular formula is C31H35N5O4S. The molecule has 6 rings (SSSR count). The number of piperidine rings is 1. The monoisotopic (exact) mass is 573 g/mol. The van der Waals surface area contributed by atoms with Crippen molar-refractivity contribution in [2.75, 3.05) is 25.9 Å². The van der Waals surface area contributed by atoms with Crippen LogP contribution in [0, 0.1) is 6.92 Å². The molecule has 9 nitrogen and oxygen atoms in total. The number of hydrogen-bond donors (Lipinski definition) is 5. The number of ether oxygens (including phenoxy) is 2. The second-order valence-electron chi connectivity index (χ2n) is 11.0. The average molecular weight is 574 g/mol. The molecule has 3 aromatic rings. The zero-order valence-corrected chi connectivity index (χ0v) is 23.9. The molecule has 41 heavy (non-hydrogen) atoms. The minimum absolute atomic E-state index is 0.0423. The van der Waals surface area contributed by atoms with Crippen molar-refractivity contribution < 1.29 is 19.1 Å². The van der Waals surface area contributed by atoms with Crippen molar-refractivity contribution in [1.82, 2.24) is 10.6 Å². The van der Waals surface area contributed by atoms with Crippen LogP contribution in [0.3, 0.4) is 0 Å². The number of hydrogen-bond acceptors (Lipinski definition) is 9. The molecule has 2 aliphatic heterocycles. The highest BCUT2D eigenvalue weighted by Crippen LogP contribution is 2.56. The molecule has 8 N–H and O–H groups in total. The van der Waals surface area contributed by atoms with Crippen molar-refractivity contribution in [3.63, 3.8) is 0 Å². The number of thioether (sulfide) groups is 1. The van der Waals surface area contributed by atoms with Gasteiger partial charge in [0.15, 0.2) is 17.3 Å². The lowest BCUT2D eigenvalue weighted by atomic mass is 9.64. The lowest BCUT2D eigenvalue weighted by Crippen LogP contribution is -2.61. The molecule has 214 valence electrons. The van der Waals surface area contributed by atoms with E-state index in [1.165, 1.54) is 11.8 Å². The van der Waals surface area contributed by atoms with Gasteiger partial charge in [-0.3, -0.25) is 9.59 Å². The van der Waals surface area contributed by atoms with Gasteiger partial charge >= 0.3 is 0 Å². The molecule has 3 aromatic carbocycles. The van der Waals surface area contributed by atoms with E-state index in [9.17, 15) is 9.59 Å². The molecule has 1 saturated heterocycles. The minimum Gasteiger partial charge on any atom is -0.493 e. The zero-order chi connectivity index (χ0) is 28.9. The summed E-state index contributed by atoms with van der Waals surface area (Å²) in [5, 5.41) is 5.92. The van der Waals surface area contributed by atoms with Crippen molar-refractivity contribution in [3.8, 4) is 17.2 Å². The molecular weight excluding hydrogens is 538 g/mol. The quantitative estimate of drug-likeness (QED) is 0.280. The Balaban J connectivity index is 1.37. The Bertz CT molecular complexity index is 1520. The van der Waals surface area contributed by atoms with E-state index in [0.717, 1.165) is 42.0 Å². The molecule has 0 saturated carbocycles. The molecule has 0 bridgehead atoms. The van der Waals surface area contributed by atoms with Gasteiger partial charge in [0, 0.05) is 29.1 Å². The van der Waals surface area contributed by atoms with Gasteiger partial charge in [-0.1, -0.05) is 24.3 Å². The molecule has 10 heteroatoms. The van der Waals surface area contributed by atoms with Crippen molar-refractivity contribution in [2.24, 2.45) is 11.5 Å². The highest BCUT2D eigenvalue weighted by atomic mass is 32.2. The number of nitrogens with two attached hydrogens (primary N) is 3. The van der Waals surface area contributed by atoms with Crippen LogP contribution in [0.2, 0.25) is 0 Å². The Kier molecular flexibility index (Phi) is 7.19. The number of amides is 1. The standard InChI is InChI=1S/C31H35N5O4S/c1-16-14-18(40-23-8-4-3-7-22(23)39-2)9-10-19(16)31(34)20-11-12-21(32)27-24(20)25(26(33)29(31)37)28(41-27)30(38)36-17-6-5-13-35-15-17/h3-4,7-12,14,17,25-26,28,35H,5-6,13,15,32-34H2,1-2H3,(H,36,38). The molecule has 2 heterocycles. The van der Waals surface area contributed by atoms with E-state index in [0.29, 0.717) is 34.1 Å². The number of Topliss-reactive ketones (excluding diaryl/α,β-unsaturated/α-hetero) is 1. The van der Waals surface area contributed by atoms with E-state index < -0.39 is 22.7 Å². The number of ketones is 1. The van der Waals surface area contributed by atoms with Crippen molar-refractivity contribution in [3.05, 3.63) is 76.9 Å². The van der Waals surface area contributed by atoms with Crippen LogP contribution in [0.15, 0.2) is 59.5 Å². The first kappa shape index (κ1) is 27.6. The van der Waals surface area contributed by atoms with Gasteiger partial charge in [0.2, 0.25) is 5.91 Å². The van der Waals surface area contributed by atoms with E-state index in [-0.39, 0.29) is 17.7 Å². The highest BCUT2D eigenvalue weighted by Gasteiger charge is 2.57. The van der Waals surface area contributed by atoms with Gasteiger partial charge in [0.1, 0.15) is 11.3 Å². The third-order valence-corrected chi connectivity index (χ3v) is 9.91. The fourth-order valence-electron chi connectivity index (χ4n) is 6.43. The lowest BCUT2D eigenvalue weighted by molar-refractivity contribution is -0.126. The smallest absolute Gasteiger partial charge is 0.234 e. The summed E-state index contributed by atoms with van der Waals surface area (Å²) in [5.74, 6) is 0.783. The molecule has 0 spiro atoms. The van der Waals surface area contributed by atoms with Crippen LogP contribution in [-0.4, -0.2) is 49.2 Å². The number of benzene rings is 3. The van der Waals surface area contributed by atoms with Gasteiger partial charge < -0.3 is 37.3 Å². The van der Waals surface area contributed by atoms with Crippen LogP contribution in [0.4, 0.5) is 5.69 Å². The lowest BCUT2D eigenvalue weighted by Gasteiger charge is -2.42. The number of para-hydroxylation sites is 2. The van der Waals surface area contributed by atoms with Crippen molar-refractivity contribution >= 4 is 29.1 Å². The SMILES string of the molecule is COc1ccccc1Oc1ccc(C2(N)C(=O)C(N)C3c4c2ccc(N)c4SC3C(=O)NC2CCCNC2)c(C)c1. The molecule has 1 aliphatic carbocycles. The summed E-state index contributed by atoms with van der Waals surface area (Å²) < 4.78 is 11.5. The summed E-state index contributed by atoms with van der Waals surface area (Å²) >= 11 is 1.38. The van der Waals surface area contributed by atoms with Gasteiger partial charge in [-0.2, -0.15) is 0 Å². The third kappa shape index (κ3) is 4.55. The minimum atomic E-state index is -1.51. The Morgan fingerprint density at radius 2 is 1.88 bits per heavy atom. The molecule has 0 aromatic heterocycles. The van der Waals surface area contributed by atoms with Crippen LogP contribution < -0.4 is 37.3 Å². The van der Waals surface area contributed by atoms with E-state index in [1.54, 1.807) is 19.2 Å². The second kappa shape index (κ2) is 10.7. The van der Waals surface area contributed by atoms with Gasteiger partial charge in [-0.15, -0.1) is 11.8 Å². The second-order valence-corrected chi connectivity index (χ2v) is 12.1. The normalized spacial score (nSPS) is 26.8. The topological polar surface area (TPSA) is 155 Å². The maximum Gasteiger partial charge on any atom is 0.234 e. The zero-order valence-electron chi connectivity index (χ0n) is 23.1. The molecule has 0 radical (unpaired) electrons. The number of aryl methyl sites for hydroxylation is 1. The highest BCUT2D eigenvalue weighted by molar-refractivity contribution is 8.01. The van der Waals surface area contributed by atoms with Crippen LogP contribution in [0.25, 0.3) is 0 Å². The maximum absolute atomic E-state index is 14.2. The predicted molar refractivity (Wildman–Crippen MR) is 159 cm³/mol. The van der Waals surface area contributed by atoms with Gasteiger partial charge in [0.05, 0.1) is 18.4 Å². The summed E-state index contributed by atoms with van der Waals surface area (Å²) in [6, 6.07) is 15.5. The largest absolute Gasteiger partial charge is 0.493 e. The Hall–Kier alpha value is -3.57. The fourth-order valence-corrected chi connectivity index (χ4v) is 7.88. The predicted octanol–water partition coefficient (Wildman–Crippen LogP) is 2.92. The first-order valence-corrected chi connectivity index (χ1v) is 14.7. The van der Waals surface area contributed by atoms with Gasteiger partial charge in [-0.05, 0) is 78.9 Å². The summed E-state index contributed by atoms with van der Waals surface area (Å²) in [5.41, 5.74) is 22.1. The number of carbonyl (C=O) groups is 2. The van der Waals surface area contributed by atoms with Crippen molar-refractivity contribution in [1.29, 1.82) is 0 Å². The van der Waals surface area contributed by atoms with E-state index in [2.05, 4.69) is 10.6 Å². The number of nitrogen functional groups attached to an aromatic ring is 1. The first-order chi connectivity index (χ1) is 19.7. The number of methoxy groups -OCH3 is 1. The van der Waals surface area contributed by atoms with Crippen LogP contribution >= 0.6 is 11.8 Å². The summed E-state index contributed by atoms with van der Waals surface area (Å²) in [7, 11) is 1.59. The van der Waals surface area contributed by atoms with E-state index in [4.69, 9.17) is 26.7 Å². The third-order valence-electron chi connectivity index (χ3n) is 8.46. The Labute approximate surface area is 243 Å². The molecule has 1 amide bonds. The molecule has 5 atom stereocenters. The van der Waals surface area contributed by atoms with E-state index >= 15 is 0 Å². The van der Waals surface area contributed by atoms with Crippen molar-refractivity contribution in [2.45, 2.75) is 53.5 Å². The number of carbonyl (C=O) groups excluding carboxylic acids is 2. The Morgan fingerprint density at radius 3 is 2.59 bits per heavy atom. The number of rotatable bonds is 6. The number of anilines is 1. The molecule has 5 unspecified atom stereocenters.